The molecule has 0 aliphatic rings. The Kier molecular flexibility index (Phi) is 4.90. The van der Waals surface area contributed by atoms with Gasteiger partial charge in [-0.05, 0) is 59.8 Å². The minimum absolute atomic E-state index is 0.00405. The zero-order valence-electron chi connectivity index (χ0n) is 12.5. The zero-order chi connectivity index (χ0) is 17.8. The summed E-state index contributed by atoms with van der Waals surface area (Å²) < 4.78 is 31.5. The van der Waals surface area contributed by atoms with E-state index >= 15 is 0 Å². The lowest BCUT2D eigenvalue weighted by molar-refractivity contribution is -0.131. The zero-order valence-corrected chi connectivity index (χ0v) is 13.3. The molecule has 8 heteroatoms. The Bertz CT molecular complexity index is 939. The van der Waals surface area contributed by atoms with Crippen molar-refractivity contribution < 1.29 is 23.1 Å². The van der Waals surface area contributed by atoms with Gasteiger partial charge in [-0.25, -0.2) is 13.6 Å². The van der Waals surface area contributed by atoms with Crippen LogP contribution in [0.25, 0.3) is 17.5 Å². The van der Waals surface area contributed by atoms with Crippen molar-refractivity contribution >= 4 is 23.8 Å². The van der Waals surface area contributed by atoms with Crippen LogP contribution < -0.4 is 0 Å². The Morgan fingerprint density at radius 2 is 1.84 bits per heavy atom. The van der Waals surface area contributed by atoms with Crippen molar-refractivity contribution in [3.05, 3.63) is 70.6 Å². The van der Waals surface area contributed by atoms with E-state index in [1.807, 2.05) is 0 Å². The van der Waals surface area contributed by atoms with E-state index in [0.717, 1.165) is 11.8 Å². The lowest BCUT2D eigenvalue weighted by Crippen LogP contribution is -1.96. The predicted octanol–water partition coefficient (Wildman–Crippen LogP) is 4.23. The number of rotatable bonds is 5. The Morgan fingerprint density at radius 1 is 1.08 bits per heavy atom. The van der Waals surface area contributed by atoms with Gasteiger partial charge in [0.1, 0.15) is 16.5 Å². The lowest BCUT2D eigenvalue weighted by Gasteiger charge is -1.99. The summed E-state index contributed by atoms with van der Waals surface area (Å²) in [6.45, 7) is 0. The first-order valence-corrected chi connectivity index (χ1v) is 7.81. The van der Waals surface area contributed by atoms with Gasteiger partial charge in [-0.3, -0.25) is 0 Å². The Hall–Kier alpha value is -3.00. The molecule has 0 radical (unpaired) electrons. The Labute approximate surface area is 145 Å². The summed E-state index contributed by atoms with van der Waals surface area (Å²) in [5, 5.41) is 16.9. The molecule has 0 bridgehead atoms. The Morgan fingerprint density at radius 3 is 2.52 bits per heavy atom. The van der Waals surface area contributed by atoms with Gasteiger partial charge >= 0.3 is 5.97 Å². The van der Waals surface area contributed by atoms with E-state index in [4.69, 9.17) is 4.42 Å². The smallest absolute Gasteiger partial charge is 0.342 e. The highest BCUT2D eigenvalue weighted by Gasteiger charge is 2.16. The van der Waals surface area contributed by atoms with Crippen LogP contribution in [0, 0.1) is 11.6 Å². The first-order valence-electron chi connectivity index (χ1n) is 6.99. The quantitative estimate of drug-likeness (QED) is 0.542. The van der Waals surface area contributed by atoms with Gasteiger partial charge in [0.2, 0.25) is 5.89 Å². The van der Waals surface area contributed by atoms with E-state index in [1.54, 1.807) is 6.07 Å². The molecule has 0 fully saturated rings. The van der Waals surface area contributed by atoms with E-state index < -0.39 is 17.6 Å². The van der Waals surface area contributed by atoms with Gasteiger partial charge in [0.15, 0.2) is 0 Å². The van der Waals surface area contributed by atoms with Crippen LogP contribution in [0.15, 0.2) is 63.1 Å². The molecule has 0 atom stereocenters. The second-order valence-corrected chi connectivity index (χ2v) is 5.84. The van der Waals surface area contributed by atoms with Crippen LogP contribution >= 0.6 is 11.8 Å². The molecule has 0 amide bonds. The number of thioether (sulfide) groups is 1. The van der Waals surface area contributed by atoms with Crippen LogP contribution in [-0.2, 0) is 4.79 Å². The molecule has 0 unspecified atom stereocenters. The van der Waals surface area contributed by atoms with Gasteiger partial charge in [0.25, 0.3) is 5.22 Å². The maximum absolute atomic E-state index is 13.2. The van der Waals surface area contributed by atoms with Crippen molar-refractivity contribution in [2.75, 3.05) is 0 Å². The summed E-state index contributed by atoms with van der Waals surface area (Å²) in [7, 11) is 0. The normalized spacial score (nSPS) is 11.5. The summed E-state index contributed by atoms with van der Waals surface area (Å²) in [5.74, 6) is -1.95. The van der Waals surface area contributed by atoms with Crippen molar-refractivity contribution in [3.63, 3.8) is 0 Å². The Balaban J connectivity index is 1.84. The van der Waals surface area contributed by atoms with Crippen molar-refractivity contribution in [1.29, 1.82) is 0 Å². The molecule has 5 nitrogen and oxygen atoms in total. The summed E-state index contributed by atoms with van der Waals surface area (Å²) in [6, 6.07) is 11.0. The third-order valence-electron chi connectivity index (χ3n) is 3.05. The summed E-state index contributed by atoms with van der Waals surface area (Å²) in [4.78, 5) is 11.3. The molecule has 126 valence electrons. The molecule has 1 heterocycles. The SMILES string of the molecule is O=C(O)/C(=C\c1cccc(F)c1)Sc1nnc(-c2ccc(F)cc2)o1. The topological polar surface area (TPSA) is 76.2 Å². The molecule has 0 saturated heterocycles. The van der Waals surface area contributed by atoms with Gasteiger partial charge in [-0.1, -0.05) is 12.1 Å². The second-order valence-electron chi connectivity index (χ2n) is 4.85. The first-order chi connectivity index (χ1) is 12.0. The number of aromatic nitrogens is 2. The van der Waals surface area contributed by atoms with E-state index in [-0.39, 0.29) is 16.0 Å². The van der Waals surface area contributed by atoms with Crippen molar-refractivity contribution in [2.24, 2.45) is 0 Å². The van der Waals surface area contributed by atoms with Crippen LogP contribution in [-0.4, -0.2) is 21.3 Å². The molecule has 0 aliphatic heterocycles. The number of hydrogen-bond donors (Lipinski definition) is 1. The van der Waals surface area contributed by atoms with Gasteiger partial charge in [0, 0.05) is 5.56 Å². The third kappa shape index (κ3) is 4.30. The van der Waals surface area contributed by atoms with Crippen molar-refractivity contribution in [3.8, 4) is 11.5 Å². The number of carboxylic acid groups (broad SMARTS) is 1. The standard InChI is InChI=1S/C17H10F2N2O3S/c18-12-6-4-11(5-7-12)15-20-21-17(24-15)25-14(16(22)23)9-10-2-1-3-13(19)8-10/h1-9H,(H,22,23)/b14-9+. The molecular weight excluding hydrogens is 350 g/mol. The fourth-order valence-electron chi connectivity index (χ4n) is 1.94. The number of carbonyl (C=O) groups is 1. The monoisotopic (exact) mass is 360 g/mol. The van der Waals surface area contributed by atoms with E-state index in [9.17, 15) is 18.7 Å². The maximum Gasteiger partial charge on any atom is 0.342 e. The molecule has 3 rings (SSSR count). The first kappa shape index (κ1) is 16.8. The van der Waals surface area contributed by atoms with Crippen LogP contribution in [0.3, 0.4) is 0 Å². The van der Waals surface area contributed by atoms with Crippen LogP contribution in [0.4, 0.5) is 8.78 Å². The van der Waals surface area contributed by atoms with Gasteiger partial charge in [-0.2, -0.15) is 0 Å². The molecule has 25 heavy (non-hydrogen) atoms. The largest absolute Gasteiger partial charge is 0.477 e. The fourth-order valence-corrected chi connectivity index (χ4v) is 2.61. The number of benzene rings is 2. The molecule has 3 aromatic rings. The average Bonchev–Trinajstić information content (AvgIpc) is 3.03. The minimum atomic E-state index is -1.21. The third-order valence-corrected chi connectivity index (χ3v) is 3.90. The summed E-state index contributed by atoms with van der Waals surface area (Å²) >= 11 is 0.741. The van der Waals surface area contributed by atoms with Crippen molar-refractivity contribution in [1.82, 2.24) is 10.2 Å². The van der Waals surface area contributed by atoms with E-state index in [0.29, 0.717) is 11.1 Å². The highest BCUT2D eigenvalue weighted by molar-refractivity contribution is 8.03. The summed E-state index contributed by atoms with van der Waals surface area (Å²) in [6.07, 6.45) is 1.30. The number of carboxylic acids is 1. The lowest BCUT2D eigenvalue weighted by atomic mass is 10.2. The highest BCUT2D eigenvalue weighted by atomic mass is 32.2. The number of hydrogen-bond acceptors (Lipinski definition) is 5. The predicted molar refractivity (Wildman–Crippen MR) is 87.6 cm³/mol. The van der Waals surface area contributed by atoms with E-state index in [1.165, 1.54) is 48.5 Å². The molecule has 1 aromatic heterocycles. The van der Waals surface area contributed by atoms with E-state index in [2.05, 4.69) is 10.2 Å². The number of aliphatic carboxylic acids is 1. The van der Waals surface area contributed by atoms with Crippen LogP contribution in [0.1, 0.15) is 5.56 Å². The number of halogens is 2. The minimum Gasteiger partial charge on any atom is -0.477 e. The van der Waals surface area contributed by atoms with Gasteiger partial charge in [0.05, 0.1) is 0 Å². The molecule has 0 saturated carbocycles. The molecule has 1 N–H and O–H groups in total. The molecule has 0 aliphatic carbocycles. The highest BCUT2D eigenvalue weighted by Crippen LogP contribution is 2.30. The summed E-state index contributed by atoms with van der Waals surface area (Å²) in [5.41, 5.74) is 0.898. The molecule has 0 spiro atoms. The second kappa shape index (κ2) is 7.27. The fraction of sp³-hybridized carbons (Fsp3) is 0. The van der Waals surface area contributed by atoms with Crippen LogP contribution in [0.5, 0.6) is 0 Å². The van der Waals surface area contributed by atoms with Gasteiger partial charge < -0.3 is 9.52 Å². The van der Waals surface area contributed by atoms with Crippen molar-refractivity contribution in [2.45, 2.75) is 5.22 Å². The molecule has 2 aromatic carbocycles. The van der Waals surface area contributed by atoms with Crippen LogP contribution in [0.2, 0.25) is 0 Å². The average molecular weight is 360 g/mol. The molecular formula is C17H10F2N2O3S. The number of nitrogens with zero attached hydrogens (tertiary/aromatic N) is 2. The van der Waals surface area contributed by atoms with Gasteiger partial charge in [-0.15, -0.1) is 10.2 Å². The maximum atomic E-state index is 13.2.